The van der Waals surface area contributed by atoms with Crippen LogP contribution in [-0.4, -0.2) is 44.7 Å². The minimum atomic E-state index is -4.58. The van der Waals surface area contributed by atoms with E-state index in [0.29, 0.717) is 11.4 Å². The average molecular weight is 569 g/mol. The number of aromatic nitrogens is 5. The molecule has 0 unspecified atom stereocenters. The first-order valence-electron chi connectivity index (χ1n) is 11.6. The molecule has 3 aromatic heterocycles. The van der Waals surface area contributed by atoms with E-state index in [2.05, 4.69) is 30.7 Å². The number of alkyl halides is 3. The highest BCUT2D eigenvalue weighted by molar-refractivity contribution is 6.33. The molecular formula is C26H20ClF3N8O2. The molecule has 0 aliphatic rings. The van der Waals surface area contributed by atoms with E-state index in [9.17, 15) is 18.0 Å². The van der Waals surface area contributed by atoms with Gasteiger partial charge >= 0.3 is 18.2 Å². The minimum absolute atomic E-state index is 0.0212. The number of hydrogen-bond acceptors (Lipinski definition) is 7. The van der Waals surface area contributed by atoms with Gasteiger partial charge in [-0.3, -0.25) is 0 Å². The van der Waals surface area contributed by atoms with Crippen LogP contribution in [0.1, 0.15) is 5.56 Å². The molecule has 204 valence electrons. The normalized spacial score (nSPS) is 11.3. The van der Waals surface area contributed by atoms with E-state index in [-0.39, 0.29) is 22.4 Å². The van der Waals surface area contributed by atoms with Gasteiger partial charge in [-0.25, -0.2) is 24.3 Å². The third-order valence-electron chi connectivity index (χ3n) is 5.61. The molecule has 2 aromatic carbocycles. The van der Waals surface area contributed by atoms with Gasteiger partial charge in [0.1, 0.15) is 11.6 Å². The first kappa shape index (κ1) is 26.7. The molecule has 40 heavy (non-hydrogen) atoms. The monoisotopic (exact) mass is 568 g/mol. The minimum Gasteiger partial charge on any atom is -0.424 e. The van der Waals surface area contributed by atoms with Gasteiger partial charge in [0.25, 0.3) is 0 Å². The fourth-order valence-corrected chi connectivity index (χ4v) is 3.80. The number of anilines is 3. The molecule has 10 nitrogen and oxygen atoms in total. The highest BCUT2D eigenvalue weighted by atomic mass is 35.5. The summed E-state index contributed by atoms with van der Waals surface area (Å²) >= 11 is 5.91. The summed E-state index contributed by atoms with van der Waals surface area (Å²) in [5.41, 5.74) is 1.49. The fraction of sp³-hybridized carbons (Fsp3) is 0.115. The van der Waals surface area contributed by atoms with Gasteiger partial charge in [0.05, 0.1) is 40.6 Å². The zero-order valence-corrected chi connectivity index (χ0v) is 21.7. The van der Waals surface area contributed by atoms with Crippen LogP contribution in [0.4, 0.5) is 35.2 Å². The summed E-state index contributed by atoms with van der Waals surface area (Å²) in [6.07, 6.45) is 1.58. The average Bonchev–Trinajstić information content (AvgIpc) is 3.34. The van der Waals surface area contributed by atoms with E-state index in [4.69, 9.17) is 16.3 Å². The van der Waals surface area contributed by atoms with Crippen LogP contribution in [0.25, 0.3) is 16.8 Å². The second kappa shape index (κ2) is 10.7. The summed E-state index contributed by atoms with van der Waals surface area (Å²) in [6, 6.07) is 10.9. The SMILES string of the molecule is CN(C)c1ccn2ncc(-c3ccc(Oc4ncc(NC(=O)Nc5cc(C(F)(F)F)ccc5Cl)cn4)cc3)c2n1. The van der Waals surface area contributed by atoms with Crippen molar-refractivity contribution >= 4 is 40.5 Å². The lowest BCUT2D eigenvalue weighted by molar-refractivity contribution is -0.137. The van der Waals surface area contributed by atoms with Crippen molar-refractivity contribution in [1.29, 1.82) is 0 Å². The topological polar surface area (TPSA) is 110 Å². The number of amides is 2. The molecule has 0 radical (unpaired) electrons. The van der Waals surface area contributed by atoms with Gasteiger partial charge in [-0.15, -0.1) is 0 Å². The molecule has 0 bridgehead atoms. The first-order chi connectivity index (χ1) is 19.1. The second-order valence-corrected chi connectivity index (χ2v) is 9.07. The molecular weight excluding hydrogens is 549 g/mol. The maximum atomic E-state index is 12.9. The highest BCUT2D eigenvalue weighted by Crippen LogP contribution is 2.34. The maximum absolute atomic E-state index is 12.9. The number of ether oxygens (including phenoxy) is 1. The number of hydrogen-bond donors (Lipinski definition) is 2. The molecule has 0 fully saturated rings. The number of rotatable bonds is 6. The Morgan fingerprint density at radius 1 is 1.00 bits per heavy atom. The zero-order chi connectivity index (χ0) is 28.4. The molecule has 2 N–H and O–H groups in total. The van der Waals surface area contributed by atoms with Gasteiger partial charge < -0.3 is 20.3 Å². The van der Waals surface area contributed by atoms with Crippen molar-refractivity contribution in [2.24, 2.45) is 0 Å². The first-order valence-corrected chi connectivity index (χ1v) is 12.0. The molecule has 0 aliphatic carbocycles. The van der Waals surface area contributed by atoms with Crippen molar-refractivity contribution in [3.8, 4) is 22.9 Å². The van der Waals surface area contributed by atoms with Crippen molar-refractivity contribution in [2.75, 3.05) is 29.6 Å². The summed E-state index contributed by atoms with van der Waals surface area (Å²) in [5, 5.41) is 9.01. The Kier molecular flexibility index (Phi) is 7.13. The molecule has 2 amide bonds. The van der Waals surface area contributed by atoms with Crippen molar-refractivity contribution in [2.45, 2.75) is 6.18 Å². The van der Waals surface area contributed by atoms with Crippen LogP contribution in [0.15, 0.2) is 73.3 Å². The third-order valence-corrected chi connectivity index (χ3v) is 5.94. The fourth-order valence-electron chi connectivity index (χ4n) is 3.64. The van der Waals surface area contributed by atoms with Crippen LogP contribution in [0, 0.1) is 0 Å². The van der Waals surface area contributed by atoms with E-state index < -0.39 is 17.8 Å². The number of carbonyl (C=O) groups is 1. The Morgan fingerprint density at radius 3 is 2.40 bits per heavy atom. The van der Waals surface area contributed by atoms with E-state index in [0.717, 1.165) is 35.1 Å². The summed E-state index contributed by atoms with van der Waals surface area (Å²) in [6.45, 7) is 0. The van der Waals surface area contributed by atoms with Crippen molar-refractivity contribution in [1.82, 2.24) is 24.6 Å². The summed E-state index contributed by atoms with van der Waals surface area (Å²) in [4.78, 5) is 27.0. The van der Waals surface area contributed by atoms with Crippen LogP contribution in [0.2, 0.25) is 5.02 Å². The van der Waals surface area contributed by atoms with Crippen LogP contribution in [0.3, 0.4) is 0 Å². The summed E-state index contributed by atoms with van der Waals surface area (Å²) in [7, 11) is 3.83. The molecule has 5 rings (SSSR count). The van der Waals surface area contributed by atoms with Crippen LogP contribution < -0.4 is 20.3 Å². The highest BCUT2D eigenvalue weighted by Gasteiger charge is 2.31. The summed E-state index contributed by atoms with van der Waals surface area (Å²) in [5.74, 6) is 1.28. The number of fused-ring (bicyclic) bond motifs is 1. The van der Waals surface area contributed by atoms with E-state index in [1.807, 2.05) is 43.4 Å². The molecule has 0 atom stereocenters. The molecule has 3 heterocycles. The number of urea groups is 1. The predicted molar refractivity (Wildman–Crippen MR) is 144 cm³/mol. The van der Waals surface area contributed by atoms with Crippen LogP contribution >= 0.6 is 11.6 Å². The maximum Gasteiger partial charge on any atom is 0.416 e. The number of benzene rings is 2. The molecule has 14 heteroatoms. The van der Waals surface area contributed by atoms with Gasteiger partial charge in [-0.2, -0.15) is 18.3 Å². The lowest BCUT2D eigenvalue weighted by atomic mass is 10.1. The Balaban J connectivity index is 1.22. The Morgan fingerprint density at radius 2 is 1.73 bits per heavy atom. The standard InChI is InChI=1S/C26H20ClF3N8O2/c1-37(2)22-9-10-38-23(36-22)19(14-33-38)15-3-6-18(7-4-15)40-25-31-12-17(13-32-25)34-24(39)35-21-11-16(26(28,29)30)5-8-20(21)27/h3-14H,1-2H3,(H2,34,35,39). The van der Waals surface area contributed by atoms with Gasteiger partial charge in [-0.05, 0) is 42.0 Å². The lowest BCUT2D eigenvalue weighted by Gasteiger charge is -2.12. The van der Waals surface area contributed by atoms with Crippen molar-refractivity contribution in [3.63, 3.8) is 0 Å². The Labute approximate surface area is 230 Å². The Bertz CT molecular complexity index is 1670. The van der Waals surface area contributed by atoms with Gasteiger partial charge in [0.2, 0.25) is 0 Å². The molecule has 5 aromatic rings. The molecule has 0 saturated carbocycles. The van der Waals surface area contributed by atoms with Gasteiger partial charge in [0.15, 0.2) is 5.65 Å². The van der Waals surface area contributed by atoms with Crippen LogP contribution in [0.5, 0.6) is 11.8 Å². The van der Waals surface area contributed by atoms with Crippen LogP contribution in [-0.2, 0) is 6.18 Å². The quantitative estimate of drug-likeness (QED) is 0.245. The lowest BCUT2D eigenvalue weighted by Crippen LogP contribution is -2.20. The molecule has 0 saturated heterocycles. The number of carbonyl (C=O) groups excluding carboxylic acids is 1. The smallest absolute Gasteiger partial charge is 0.416 e. The molecule has 0 aliphatic heterocycles. The van der Waals surface area contributed by atoms with Gasteiger partial charge in [-0.1, -0.05) is 23.7 Å². The predicted octanol–water partition coefficient (Wildman–Crippen LogP) is 6.36. The zero-order valence-electron chi connectivity index (χ0n) is 20.9. The molecule has 0 spiro atoms. The van der Waals surface area contributed by atoms with E-state index in [1.54, 1.807) is 22.8 Å². The van der Waals surface area contributed by atoms with E-state index in [1.165, 1.54) is 12.4 Å². The van der Waals surface area contributed by atoms with Crippen molar-refractivity contribution < 1.29 is 22.7 Å². The number of nitrogens with one attached hydrogen (secondary N) is 2. The van der Waals surface area contributed by atoms with E-state index >= 15 is 0 Å². The largest absolute Gasteiger partial charge is 0.424 e. The Hall–Kier alpha value is -4.91. The second-order valence-electron chi connectivity index (χ2n) is 8.66. The number of halogens is 4. The summed E-state index contributed by atoms with van der Waals surface area (Å²) < 4.78 is 46.2. The van der Waals surface area contributed by atoms with Crippen molar-refractivity contribution in [3.05, 3.63) is 83.9 Å². The van der Waals surface area contributed by atoms with Gasteiger partial charge in [0, 0.05) is 25.9 Å². The number of nitrogens with zero attached hydrogens (tertiary/aromatic N) is 6. The third kappa shape index (κ3) is 5.89.